The minimum atomic E-state index is -3.21. The molecule has 5 heteroatoms. The van der Waals surface area contributed by atoms with Crippen LogP contribution in [-0.4, -0.2) is 25.7 Å². The van der Waals surface area contributed by atoms with Crippen molar-refractivity contribution >= 4 is 15.5 Å². The molecule has 1 N–H and O–H groups in total. The van der Waals surface area contributed by atoms with E-state index in [0.29, 0.717) is 23.5 Å². The molecule has 0 spiro atoms. The first-order valence-electron chi connectivity index (χ1n) is 7.08. The highest BCUT2D eigenvalue weighted by Crippen LogP contribution is 2.22. The molecule has 2 rings (SSSR count). The standard InChI is InChI=1S/C16H20N2O2S/c1-2-12-21(19,20)16-8-4-3-7-15(16)18-11-9-14-6-5-10-17-13-14/h3-8,10,13,18H,2,9,11-12H2,1H3. The SMILES string of the molecule is CCCS(=O)(=O)c1ccccc1NCCc1cccnc1. The highest BCUT2D eigenvalue weighted by atomic mass is 32.2. The number of benzene rings is 1. The molecular formula is C16H20N2O2S. The number of anilines is 1. The number of pyridine rings is 1. The third kappa shape index (κ3) is 4.29. The molecule has 0 amide bonds. The lowest BCUT2D eigenvalue weighted by atomic mass is 10.2. The molecule has 0 saturated heterocycles. The maximum absolute atomic E-state index is 12.2. The first-order valence-corrected chi connectivity index (χ1v) is 8.73. The fourth-order valence-electron chi connectivity index (χ4n) is 2.15. The Labute approximate surface area is 126 Å². The van der Waals surface area contributed by atoms with Gasteiger partial charge in [-0.1, -0.05) is 25.1 Å². The summed E-state index contributed by atoms with van der Waals surface area (Å²) in [7, 11) is -3.21. The van der Waals surface area contributed by atoms with Gasteiger partial charge in [-0.15, -0.1) is 0 Å². The van der Waals surface area contributed by atoms with Gasteiger partial charge in [-0.05, 0) is 36.6 Å². The van der Waals surface area contributed by atoms with Crippen molar-refractivity contribution in [3.63, 3.8) is 0 Å². The summed E-state index contributed by atoms with van der Waals surface area (Å²) in [5.74, 6) is 0.175. The molecule has 21 heavy (non-hydrogen) atoms. The maximum Gasteiger partial charge on any atom is 0.180 e. The average Bonchev–Trinajstić information content (AvgIpc) is 2.49. The van der Waals surface area contributed by atoms with Gasteiger partial charge in [0.1, 0.15) is 0 Å². The van der Waals surface area contributed by atoms with Crippen molar-refractivity contribution in [3.05, 3.63) is 54.4 Å². The van der Waals surface area contributed by atoms with Crippen molar-refractivity contribution in [1.82, 2.24) is 4.98 Å². The third-order valence-electron chi connectivity index (χ3n) is 3.15. The predicted molar refractivity (Wildman–Crippen MR) is 85.2 cm³/mol. The summed E-state index contributed by atoms with van der Waals surface area (Å²) < 4.78 is 24.5. The van der Waals surface area contributed by atoms with E-state index in [2.05, 4.69) is 10.3 Å². The quantitative estimate of drug-likeness (QED) is 0.854. The smallest absolute Gasteiger partial charge is 0.180 e. The lowest BCUT2D eigenvalue weighted by molar-refractivity contribution is 0.595. The predicted octanol–water partition coefficient (Wildman–Crippen LogP) is 2.92. The number of rotatable bonds is 7. The van der Waals surface area contributed by atoms with E-state index in [1.807, 2.05) is 37.4 Å². The molecule has 1 aromatic carbocycles. The second-order valence-corrected chi connectivity index (χ2v) is 6.93. The van der Waals surface area contributed by atoms with E-state index in [9.17, 15) is 8.42 Å². The Morgan fingerprint density at radius 1 is 1.14 bits per heavy atom. The zero-order valence-corrected chi connectivity index (χ0v) is 12.9. The van der Waals surface area contributed by atoms with E-state index in [1.54, 1.807) is 18.3 Å². The number of nitrogens with zero attached hydrogens (tertiary/aromatic N) is 1. The number of nitrogens with one attached hydrogen (secondary N) is 1. The van der Waals surface area contributed by atoms with Crippen molar-refractivity contribution in [2.24, 2.45) is 0 Å². The molecule has 0 radical (unpaired) electrons. The van der Waals surface area contributed by atoms with Crippen LogP contribution in [0, 0.1) is 0 Å². The van der Waals surface area contributed by atoms with E-state index in [4.69, 9.17) is 0 Å². The largest absolute Gasteiger partial charge is 0.384 e. The zero-order chi connectivity index (χ0) is 15.1. The Hall–Kier alpha value is -1.88. The van der Waals surface area contributed by atoms with E-state index >= 15 is 0 Å². The van der Waals surface area contributed by atoms with Crippen LogP contribution in [0.5, 0.6) is 0 Å². The number of para-hydroxylation sites is 1. The van der Waals surface area contributed by atoms with Crippen LogP contribution in [0.3, 0.4) is 0 Å². The van der Waals surface area contributed by atoms with Crippen molar-refractivity contribution in [2.75, 3.05) is 17.6 Å². The minimum absolute atomic E-state index is 0.175. The molecule has 1 aromatic heterocycles. The van der Waals surface area contributed by atoms with Gasteiger partial charge in [0, 0.05) is 18.9 Å². The number of aromatic nitrogens is 1. The summed E-state index contributed by atoms with van der Waals surface area (Å²) >= 11 is 0. The number of hydrogen-bond donors (Lipinski definition) is 1. The van der Waals surface area contributed by atoms with E-state index in [0.717, 1.165) is 12.0 Å². The van der Waals surface area contributed by atoms with Gasteiger partial charge in [-0.25, -0.2) is 8.42 Å². The molecule has 0 fully saturated rings. The topological polar surface area (TPSA) is 59.1 Å². The molecule has 0 saturated carbocycles. The first-order chi connectivity index (χ1) is 10.1. The Kier molecular flexibility index (Phi) is 5.33. The average molecular weight is 304 g/mol. The number of hydrogen-bond acceptors (Lipinski definition) is 4. The van der Waals surface area contributed by atoms with Crippen LogP contribution in [-0.2, 0) is 16.3 Å². The summed E-state index contributed by atoms with van der Waals surface area (Å²) in [5, 5.41) is 3.22. The van der Waals surface area contributed by atoms with Crippen molar-refractivity contribution in [2.45, 2.75) is 24.7 Å². The summed E-state index contributed by atoms with van der Waals surface area (Å²) in [6.07, 6.45) is 4.98. The summed E-state index contributed by atoms with van der Waals surface area (Å²) in [6, 6.07) is 11.0. The molecule has 4 nitrogen and oxygen atoms in total. The Morgan fingerprint density at radius 2 is 1.95 bits per heavy atom. The zero-order valence-electron chi connectivity index (χ0n) is 12.1. The maximum atomic E-state index is 12.2. The van der Waals surface area contributed by atoms with Gasteiger partial charge in [0.15, 0.2) is 9.84 Å². The van der Waals surface area contributed by atoms with Crippen LogP contribution >= 0.6 is 0 Å². The molecule has 0 aliphatic heterocycles. The van der Waals surface area contributed by atoms with Crippen LogP contribution in [0.15, 0.2) is 53.7 Å². The van der Waals surface area contributed by atoms with Crippen LogP contribution in [0.2, 0.25) is 0 Å². The minimum Gasteiger partial charge on any atom is -0.384 e. The highest BCUT2D eigenvalue weighted by Gasteiger charge is 2.16. The fraction of sp³-hybridized carbons (Fsp3) is 0.312. The summed E-state index contributed by atoms with van der Waals surface area (Å²) in [6.45, 7) is 2.54. The second-order valence-electron chi connectivity index (χ2n) is 4.85. The van der Waals surface area contributed by atoms with Crippen LogP contribution < -0.4 is 5.32 Å². The van der Waals surface area contributed by atoms with Gasteiger partial charge in [0.05, 0.1) is 16.3 Å². The molecular weight excluding hydrogens is 284 g/mol. The molecule has 0 unspecified atom stereocenters. The second kappa shape index (κ2) is 7.22. The van der Waals surface area contributed by atoms with Gasteiger partial charge >= 0.3 is 0 Å². The number of sulfone groups is 1. The van der Waals surface area contributed by atoms with Gasteiger partial charge in [-0.2, -0.15) is 0 Å². The summed E-state index contributed by atoms with van der Waals surface area (Å²) in [4.78, 5) is 4.45. The van der Waals surface area contributed by atoms with Gasteiger partial charge in [0.25, 0.3) is 0 Å². The molecule has 0 aliphatic carbocycles. The van der Waals surface area contributed by atoms with Gasteiger partial charge < -0.3 is 5.32 Å². The van der Waals surface area contributed by atoms with Crippen molar-refractivity contribution in [1.29, 1.82) is 0 Å². The van der Waals surface area contributed by atoms with E-state index in [1.165, 1.54) is 0 Å². The van der Waals surface area contributed by atoms with Crippen molar-refractivity contribution < 1.29 is 8.42 Å². The van der Waals surface area contributed by atoms with Crippen LogP contribution in [0.25, 0.3) is 0 Å². The van der Waals surface area contributed by atoms with Crippen LogP contribution in [0.4, 0.5) is 5.69 Å². The normalized spacial score (nSPS) is 11.3. The summed E-state index contributed by atoms with van der Waals surface area (Å²) in [5.41, 5.74) is 1.80. The lowest BCUT2D eigenvalue weighted by Crippen LogP contribution is -2.12. The first kappa shape index (κ1) is 15.5. The highest BCUT2D eigenvalue weighted by molar-refractivity contribution is 7.91. The van der Waals surface area contributed by atoms with E-state index < -0.39 is 9.84 Å². The van der Waals surface area contributed by atoms with Crippen molar-refractivity contribution in [3.8, 4) is 0 Å². The molecule has 2 aromatic rings. The molecule has 0 aliphatic rings. The lowest BCUT2D eigenvalue weighted by Gasteiger charge is -2.12. The third-order valence-corrected chi connectivity index (χ3v) is 5.12. The van der Waals surface area contributed by atoms with E-state index in [-0.39, 0.29) is 5.75 Å². The Balaban J connectivity index is 2.07. The van der Waals surface area contributed by atoms with Gasteiger partial charge in [-0.3, -0.25) is 4.98 Å². The fourth-order valence-corrected chi connectivity index (χ4v) is 3.67. The van der Waals surface area contributed by atoms with Gasteiger partial charge in [0.2, 0.25) is 0 Å². The monoisotopic (exact) mass is 304 g/mol. The Bertz CT molecular complexity index is 670. The Morgan fingerprint density at radius 3 is 2.67 bits per heavy atom. The molecule has 0 bridgehead atoms. The molecule has 0 atom stereocenters. The molecule has 112 valence electrons. The van der Waals surface area contributed by atoms with Crippen LogP contribution in [0.1, 0.15) is 18.9 Å². The molecule has 1 heterocycles.